The Hall–Kier alpha value is -1.15. The van der Waals surface area contributed by atoms with Crippen LogP contribution in [-0.4, -0.2) is 43.5 Å². The van der Waals surface area contributed by atoms with Crippen molar-refractivity contribution in [3.05, 3.63) is 10.6 Å². The maximum atomic E-state index is 11.9. The summed E-state index contributed by atoms with van der Waals surface area (Å²) in [5.41, 5.74) is 0.807. The molecule has 116 valence electrons. The van der Waals surface area contributed by atoms with Gasteiger partial charge in [0.1, 0.15) is 5.92 Å². The topological polar surface area (TPSA) is 85.4 Å². The van der Waals surface area contributed by atoms with Crippen molar-refractivity contribution in [2.75, 3.05) is 23.4 Å². The lowest BCUT2D eigenvalue weighted by Crippen LogP contribution is -2.20. The molecule has 0 radical (unpaired) electrons. The standard InChI is InChI=1S/C13H18N2O4S2/c1-2-19-12(16)9-3-4-10-11(9)15-13(20-10)14-8-5-6-21(17,18)7-8/h8-9H,2-7H2,1H3,(H,14,15). The molecule has 2 unspecified atom stereocenters. The summed E-state index contributed by atoms with van der Waals surface area (Å²) in [5, 5.41) is 3.91. The Morgan fingerprint density at radius 3 is 2.95 bits per heavy atom. The van der Waals surface area contributed by atoms with Crippen LogP contribution < -0.4 is 5.32 Å². The minimum absolute atomic E-state index is 0.0673. The highest BCUT2D eigenvalue weighted by molar-refractivity contribution is 7.91. The van der Waals surface area contributed by atoms with E-state index in [0.717, 1.165) is 28.5 Å². The number of carbonyl (C=O) groups excluding carboxylic acids is 1. The molecule has 1 aliphatic carbocycles. The van der Waals surface area contributed by atoms with Crippen LogP contribution >= 0.6 is 11.3 Å². The molecule has 0 bridgehead atoms. The second-order valence-electron chi connectivity index (χ2n) is 5.42. The molecule has 21 heavy (non-hydrogen) atoms. The Labute approximate surface area is 127 Å². The van der Waals surface area contributed by atoms with E-state index in [1.54, 1.807) is 6.92 Å². The van der Waals surface area contributed by atoms with Crippen LogP contribution in [0.2, 0.25) is 0 Å². The highest BCUT2D eigenvalue weighted by Crippen LogP contribution is 2.39. The summed E-state index contributed by atoms with van der Waals surface area (Å²) in [5.74, 6) is -0.0738. The molecule has 2 heterocycles. The first-order valence-electron chi connectivity index (χ1n) is 7.11. The number of hydrogen-bond acceptors (Lipinski definition) is 7. The summed E-state index contributed by atoms with van der Waals surface area (Å²) in [6, 6.07) is -0.0673. The number of esters is 1. The fourth-order valence-corrected chi connectivity index (χ4v) is 5.63. The lowest BCUT2D eigenvalue weighted by atomic mass is 10.1. The molecular formula is C13H18N2O4S2. The third kappa shape index (κ3) is 3.06. The highest BCUT2D eigenvalue weighted by atomic mass is 32.2. The first-order valence-corrected chi connectivity index (χ1v) is 9.75. The van der Waals surface area contributed by atoms with Crippen LogP contribution in [0.15, 0.2) is 0 Å². The molecule has 0 aromatic carbocycles. The third-order valence-electron chi connectivity index (χ3n) is 3.85. The van der Waals surface area contributed by atoms with Crippen molar-refractivity contribution in [2.45, 2.75) is 38.1 Å². The normalized spacial score (nSPS) is 26.5. The molecule has 0 amide bonds. The molecule has 6 nitrogen and oxygen atoms in total. The van der Waals surface area contributed by atoms with Crippen LogP contribution in [0.25, 0.3) is 0 Å². The first-order chi connectivity index (χ1) is 9.98. The summed E-state index contributed by atoms with van der Waals surface area (Å²) in [4.78, 5) is 17.5. The molecular weight excluding hydrogens is 312 g/mol. The minimum Gasteiger partial charge on any atom is -0.465 e. The summed E-state index contributed by atoms with van der Waals surface area (Å²) in [6.45, 7) is 2.17. The van der Waals surface area contributed by atoms with Crippen molar-refractivity contribution in [3.8, 4) is 0 Å². The van der Waals surface area contributed by atoms with Gasteiger partial charge in [-0.05, 0) is 26.2 Å². The molecule has 3 rings (SSSR count). The third-order valence-corrected chi connectivity index (χ3v) is 6.68. The van der Waals surface area contributed by atoms with Crippen molar-refractivity contribution in [2.24, 2.45) is 0 Å². The van der Waals surface area contributed by atoms with Gasteiger partial charge in [-0.1, -0.05) is 0 Å². The van der Waals surface area contributed by atoms with Crippen molar-refractivity contribution in [1.82, 2.24) is 4.98 Å². The van der Waals surface area contributed by atoms with E-state index in [9.17, 15) is 13.2 Å². The predicted octanol–water partition coefficient (Wildman–Crippen LogP) is 1.33. The number of thiazole rings is 1. The van der Waals surface area contributed by atoms with Gasteiger partial charge < -0.3 is 10.1 Å². The Kier molecular flexibility index (Phi) is 3.92. The van der Waals surface area contributed by atoms with Gasteiger partial charge in [0.25, 0.3) is 0 Å². The van der Waals surface area contributed by atoms with Gasteiger partial charge in [0.15, 0.2) is 15.0 Å². The molecule has 1 aliphatic heterocycles. The number of sulfone groups is 1. The van der Waals surface area contributed by atoms with Gasteiger partial charge in [0.2, 0.25) is 0 Å². The van der Waals surface area contributed by atoms with Crippen LogP contribution in [0.5, 0.6) is 0 Å². The number of hydrogen-bond donors (Lipinski definition) is 1. The summed E-state index contributed by atoms with van der Waals surface area (Å²) < 4.78 is 28.0. The number of rotatable bonds is 4. The van der Waals surface area contributed by atoms with Crippen molar-refractivity contribution < 1.29 is 17.9 Å². The van der Waals surface area contributed by atoms with Crippen molar-refractivity contribution >= 4 is 32.3 Å². The van der Waals surface area contributed by atoms with Gasteiger partial charge in [-0.2, -0.15) is 0 Å². The predicted molar refractivity (Wildman–Crippen MR) is 80.5 cm³/mol. The van der Waals surface area contributed by atoms with Gasteiger partial charge in [0.05, 0.1) is 23.8 Å². The number of aryl methyl sites for hydroxylation is 1. The first kappa shape index (κ1) is 14.8. The van der Waals surface area contributed by atoms with Crippen LogP contribution in [0.1, 0.15) is 36.3 Å². The number of ether oxygens (including phenoxy) is 1. The summed E-state index contributed by atoms with van der Waals surface area (Å²) in [6.07, 6.45) is 2.21. The Balaban J connectivity index is 1.70. The van der Waals surface area contributed by atoms with E-state index >= 15 is 0 Å². The van der Waals surface area contributed by atoms with Gasteiger partial charge in [0, 0.05) is 10.9 Å². The van der Waals surface area contributed by atoms with E-state index < -0.39 is 9.84 Å². The molecule has 1 fully saturated rings. The molecule has 1 saturated heterocycles. The SMILES string of the molecule is CCOC(=O)C1CCc2sc(NC3CCS(=O)(=O)C3)nc21. The van der Waals surface area contributed by atoms with E-state index in [1.165, 1.54) is 11.3 Å². The average molecular weight is 330 g/mol. The van der Waals surface area contributed by atoms with Gasteiger partial charge in [-0.15, -0.1) is 11.3 Å². The Bertz CT molecular complexity index is 653. The Morgan fingerprint density at radius 2 is 2.29 bits per heavy atom. The van der Waals surface area contributed by atoms with Crippen molar-refractivity contribution in [3.63, 3.8) is 0 Å². The van der Waals surface area contributed by atoms with E-state index in [4.69, 9.17) is 4.74 Å². The number of fused-ring (bicyclic) bond motifs is 1. The Morgan fingerprint density at radius 1 is 1.48 bits per heavy atom. The fourth-order valence-electron chi connectivity index (χ4n) is 2.84. The summed E-state index contributed by atoms with van der Waals surface area (Å²) in [7, 11) is -2.90. The lowest BCUT2D eigenvalue weighted by molar-refractivity contribution is -0.145. The molecule has 0 spiro atoms. The number of carbonyl (C=O) groups is 1. The van der Waals surface area contributed by atoms with E-state index in [-0.39, 0.29) is 29.4 Å². The van der Waals surface area contributed by atoms with Crippen LogP contribution in [-0.2, 0) is 25.8 Å². The number of nitrogens with one attached hydrogen (secondary N) is 1. The maximum Gasteiger partial charge on any atom is 0.315 e. The average Bonchev–Trinajstić information content (AvgIpc) is 3.04. The summed E-state index contributed by atoms with van der Waals surface area (Å²) >= 11 is 1.52. The molecule has 1 aromatic rings. The number of nitrogens with zero attached hydrogens (tertiary/aromatic N) is 1. The fraction of sp³-hybridized carbons (Fsp3) is 0.692. The lowest BCUT2D eigenvalue weighted by Gasteiger charge is -2.10. The second-order valence-corrected chi connectivity index (χ2v) is 8.73. The monoisotopic (exact) mass is 330 g/mol. The van der Waals surface area contributed by atoms with Crippen LogP contribution in [0, 0.1) is 0 Å². The zero-order valence-corrected chi connectivity index (χ0v) is 13.4. The van der Waals surface area contributed by atoms with Crippen LogP contribution in [0.4, 0.5) is 5.13 Å². The smallest absolute Gasteiger partial charge is 0.315 e. The molecule has 1 N–H and O–H groups in total. The van der Waals surface area contributed by atoms with Gasteiger partial charge >= 0.3 is 5.97 Å². The number of anilines is 1. The largest absolute Gasteiger partial charge is 0.465 e. The quantitative estimate of drug-likeness (QED) is 0.839. The number of aromatic nitrogens is 1. The van der Waals surface area contributed by atoms with E-state index in [1.807, 2.05) is 0 Å². The van der Waals surface area contributed by atoms with Gasteiger partial charge in [-0.25, -0.2) is 13.4 Å². The maximum absolute atomic E-state index is 11.9. The van der Waals surface area contributed by atoms with Gasteiger partial charge in [-0.3, -0.25) is 4.79 Å². The molecule has 1 aromatic heterocycles. The second kappa shape index (κ2) is 5.57. The van der Waals surface area contributed by atoms with Crippen LogP contribution in [0.3, 0.4) is 0 Å². The highest BCUT2D eigenvalue weighted by Gasteiger charge is 2.34. The van der Waals surface area contributed by atoms with E-state index in [0.29, 0.717) is 13.0 Å². The zero-order valence-electron chi connectivity index (χ0n) is 11.8. The molecule has 8 heteroatoms. The molecule has 0 saturated carbocycles. The zero-order chi connectivity index (χ0) is 15.0. The molecule has 2 atom stereocenters. The van der Waals surface area contributed by atoms with Crippen molar-refractivity contribution in [1.29, 1.82) is 0 Å². The minimum atomic E-state index is -2.90. The van der Waals surface area contributed by atoms with E-state index in [2.05, 4.69) is 10.3 Å². The molecule has 2 aliphatic rings.